The van der Waals surface area contributed by atoms with Gasteiger partial charge in [0.2, 0.25) is 0 Å². The lowest BCUT2D eigenvalue weighted by molar-refractivity contribution is -0.166. The molecule has 0 radical (unpaired) electrons. The molecule has 1 aliphatic rings. The highest BCUT2D eigenvalue weighted by atomic mass is 16.5. The van der Waals surface area contributed by atoms with Gasteiger partial charge in [-0.25, -0.2) is 0 Å². The van der Waals surface area contributed by atoms with Crippen molar-refractivity contribution < 1.29 is 23.9 Å². The number of hydrogen-bond donors (Lipinski definition) is 0. The Morgan fingerprint density at radius 1 is 1.15 bits per heavy atom. The zero-order valence-corrected chi connectivity index (χ0v) is 18.1. The average molecular weight is 381 g/mol. The van der Waals surface area contributed by atoms with Gasteiger partial charge >= 0.3 is 5.97 Å². The first-order valence-corrected chi connectivity index (χ1v) is 10.2. The van der Waals surface area contributed by atoms with E-state index in [0.717, 1.165) is 0 Å². The molecule has 5 heteroatoms. The van der Waals surface area contributed by atoms with Crippen molar-refractivity contribution in [3.8, 4) is 0 Å². The van der Waals surface area contributed by atoms with Crippen LogP contribution in [0.15, 0.2) is 11.3 Å². The van der Waals surface area contributed by atoms with Crippen LogP contribution in [0.5, 0.6) is 0 Å². The molecule has 0 bridgehead atoms. The van der Waals surface area contributed by atoms with Crippen molar-refractivity contribution in [2.45, 2.75) is 86.9 Å². The molecule has 0 fully saturated rings. The first-order valence-electron chi connectivity index (χ1n) is 10.2. The Bertz CT molecular complexity index is 592. The number of carbonyl (C=O) groups is 3. The van der Waals surface area contributed by atoms with Gasteiger partial charge in [-0.05, 0) is 13.3 Å². The Balaban J connectivity index is 3.18. The van der Waals surface area contributed by atoms with Crippen LogP contribution in [0.1, 0.15) is 74.7 Å². The highest BCUT2D eigenvalue weighted by molar-refractivity contribution is 5.98. The second-order valence-electron chi connectivity index (χ2n) is 7.82. The third-order valence-corrected chi connectivity index (χ3v) is 5.95. The van der Waals surface area contributed by atoms with Crippen LogP contribution >= 0.6 is 0 Å². The summed E-state index contributed by atoms with van der Waals surface area (Å²) in [6.07, 6.45) is 0.652. The molecule has 154 valence electrons. The van der Waals surface area contributed by atoms with Crippen molar-refractivity contribution in [2.24, 2.45) is 23.7 Å². The second kappa shape index (κ2) is 10.0. The lowest BCUT2D eigenvalue weighted by atomic mass is 9.78. The Morgan fingerprint density at radius 2 is 1.74 bits per heavy atom. The van der Waals surface area contributed by atoms with Crippen LogP contribution < -0.4 is 0 Å². The van der Waals surface area contributed by atoms with Crippen LogP contribution in [0.2, 0.25) is 0 Å². The smallest absolute Gasteiger partial charge is 0.308 e. The van der Waals surface area contributed by atoms with Gasteiger partial charge in [-0.15, -0.1) is 0 Å². The zero-order chi connectivity index (χ0) is 20.9. The third-order valence-electron chi connectivity index (χ3n) is 5.95. The van der Waals surface area contributed by atoms with Crippen LogP contribution in [0, 0.1) is 23.7 Å². The van der Waals surface area contributed by atoms with Gasteiger partial charge in [-0.1, -0.05) is 48.5 Å². The van der Waals surface area contributed by atoms with Gasteiger partial charge in [0.05, 0.1) is 17.8 Å². The summed E-state index contributed by atoms with van der Waals surface area (Å²) in [6, 6.07) is 0. The third kappa shape index (κ3) is 5.20. The van der Waals surface area contributed by atoms with Crippen LogP contribution in [0.25, 0.3) is 0 Å². The fraction of sp³-hybridized carbons (Fsp3) is 0.773. The molecule has 5 unspecified atom stereocenters. The molecule has 0 aromatic heterocycles. The van der Waals surface area contributed by atoms with E-state index in [1.165, 1.54) is 0 Å². The Morgan fingerprint density at radius 3 is 2.22 bits per heavy atom. The quantitative estimate of drug-likeness (QED) is 0.552. The summed E-state index contributed by atoms with van der Waals surface area (Å²) >= 11 is 0. The maximum absolute atomic E-state index is 12.7. The van der Waals surface area contributed by atoms with Crippen molar-refractivity contribution in [1.29, 1.82) is 0 Å². The summed E-state index contributed by atoms with van der Waals surface area (Å²) < 4.78 is 12.0. The highest BCUT2D eigenvalue weighted by Gasteiger charge is 2.43. The SMILES string of the molecule is CCC(=O)C(C)C(OC(=O)C(C)CC)C(C)C1OC(CC)=C(C)C(=O)[C@@H]1C. The first-order chi connectivity index (χ1) is 12.6. The maximum atomic E-state index is 12.7. The van der Waals surface area contributed by atoms with Crippen LogP contribution in [-0.4, -0.2) is 29.7 Å². The molecule has 5 nitrogen and oxygen atoms in total. The first kappa shape index (κ1) is 23.4. The molecule has 0 amide bonds. The van der Waals surface area contributed by atoms with Crippen LogP contribution in [0.3, 0.4) is 0 Å². The molecule has 0 saturated heterocycles. The fourth-order valence-electron chi connectivity index (χ4n) is 3.67. The lowest BCUT2D eigenvalue weighted by Gasteiger charge is -2.39. The van der Waals surface area contributed by atoms with E-state index in [2.05, 4.69) is 0 Å². The van der Waals surface area contributed by atoms with E-state index in [9.17, 15) is 14.4 Å². The average Bonchev–Trinajstić information content (AvgIpc) is 2.67. The summed E-state index contributed by atoms with van der Waals surface area (Å²) in [4.78, 5) is 37.5. The topological polar surface area (TPSA) is 69.7 Å². The number of carbonyl (C=O) groups excluding carboxylic acids is 3. The molecule has 1 heterocycles. The van der Waals surface area contributed by atoms with Gasteiger partial charge in [0.25, 0.3) is 0 Å². The molecule has 1 aliphatic heterocycles. The molecule has 0 aromatic rings. The number of allylic oxidation sites excluding steroid dienone is 2. The van der Waals surface area contributed by atoms with Gasteiger partial charge in [0.1, 0.15) is 23.8 Å². The molecule has 0 aromatic carbocycles. The lowest BCUT2D eigenvalue weighted by Crippen LogP contribution is -2.47. The number of esters is 1. The van der Waals surface area contributed by atoms with Crippen molar-refractivity contribution in [3.63, 3.8) is 0 Å². The standard InChI is InChI=1S/C22H36O5/c1-9-12(4)22(25)27-20(13(5)17(23)10-2)16(8)21-15(7)19(24)14(6)18(11-3)26-21/h12-13,15-16,20-21H,9-11H2,1-8H3/t12?,13?,15-,16?,20?,21?/m0/s1. The Kier molecular flexibility index (Phi) is 8.70. The molecular formula is C22H36O5. The van der Waals surface area contributed by atoms with Gasteiger partial charge in [0.15, 0.2) is 5.78 Å². The Labute approximate surface area is 163 Å². The van der Waals surface area contributed by atoms with Gasteiger partial charge in [-0.2, -0.15) is 0 Å². The fourth-order valence-corrected chi connectivity index (χ4v) is 3.67. The van der Waals surface area contributed by atoms with E-state index >= 15 is 0 Å². The van der Waals surface area contributed by atoms with Crippen molar-refractivity contribution in [1.82, 2.24) is 0 Å². The summed E-state index contributed by atoms with van der Waals surface area (Å²) in [5, 5.41) is 0. The molecule has 0 aliphatic carbocycles. The van der Waals surface area contributed by atoms with E-state index in [4.69, 9.17) is 9.47 Å². The molecule has 6 atom stereocenters. The monoisotopic (exact) mass is 380 g/mol. The van der Waals surface area contributed by atoms with Crippen LogP contribution in [-0.2, 0) is 23.9 Å². The van der Waals surface area contributed by atoms with E-state index in [-0.39, 0.29) is 35.3 Å². The summed E-state index contributed by atoms with van der Waals surface area (Å²) in [6.45, 7) is 14.9. The number of hydrogen-bond acceptors (Lipinski definition) is 5. The second-order valence-corrected chi connectivity index (χ2v) is 7.82. The largest absolute Gasteiger partial charge is 0.493 e. The van der Waals surface area contributed by atoms with E-state index in [1.807, 2.05) is 41.5 Å². The molecule has 0 saturated carbocycles. The minimum Gasteiger partial charge on any atom is -0.493 e. The number of ether oxygens (including phenoxy) is 2. The summed E-state index contributed by atoms with van der Waals surface area (Å²) in [5.41, 5.74) is 0.666. The summed E-state index contributed by atoms with van der Waals surface area (Å²) in [7, 11) is 0. The van der Waals surface area contributed by atoms with Gasteiger partial charge in [0, 0.05) is 24.3 Å². The maximum Gasteiger partial charge on any atom is 0.308 e. The van der Waals surface area contributed by atoms with Crippen molar-refractivity contribution in [3.05, 3.63) is 11.3 Å². The van der Waals surface area contributed by atoms with E-state index in [0.29, 0.717) is 30.6 Å². The van der Waals surface area contributed by atoms with Gasteiger partial charge in [-0.3, -0.25) is 14.4 Å². The minimum atomic E-state index is -0.615. The minimum absolute atomic E-state index is 0.0426. The van der Waals surface area contributed by atoms with E-state index < -0.39 is 18.1 Å². The summed E-state index contributed by atoms with van der Waals surface area (Å²) in [5.74, 6) is -0.804. The number of rotatable bonds is 9. The molecule has 0 N–H and O–H groups in total. The van der Waals surface area contributed by atoms with Crippen molar-refractivity contribution >= 4 is 17.5 Å². The Hall–Kier alpha value is -1.65. The van der Waals surface area contributed by atoms with Gasteiger partial charge < -0.3 is 9.47 Å². The van der Waals surface area contributed by atoms with E-state index in [1.54, 1.807) is 13.8 Å². The number of ketones is 2. The zero-order valence-electron chi connectivity index (χ0n) is 18.1. The normalized spacial score (nSPS) is 24.7. The molecule has 0 spiro atoms. The number of Topliss-reactive ketones (excluding diaryl/α,β-unsaturated/α-hetero) is 2. The molecule has 27 heavy (non-hydrogen) atoms. The van der Waals surface area contributed by atoms with Crippen molar-refractivity contribution in [2.75, 3.05) is 0 Å². The molecular weight excluding hydrogens is 344 g/mol. The molecule has 1 rings (SSSR count). The van der Waals surface area contributed by atoms with Crippen LogP contribution in [0.4, 0.5) is 0 Å². The predicted octanol–water partition coefficient (Wildman–Crippen LogP) is 4.48. The predicted molar refractivity (Wildman–Crippen MR) is 105 cm³/mol. The highest BCUT2D eigenvalue weighted by Crippen LogP contribution is 2.35.